The number of hydrazine groups is 2. The highest BCUT2D eigenvalue weighted by Crippen LogP contribution is 2.16. The molecule has 1 aromatic carbocycles. The fourth-order valence-corrected chi connectivity index (χ4v) is 2.18. The highest BCUT2D eigenvalue weighted by atomic mass is 16.5. The average molecular weight is 340 g/mol. The Balaban J connectivity index is 1.74. The molecular formula is C17H16N4O4. The van der Waals surface area contributed by atoms with Crippen molar-refractivity contribution in [3.8, 4) is 23.5 Å². The molecule has 0 amide bonds. The first-order valence-corrected chi connectivity index (χ1v) is 7.43. The largest absolute Gasteiger partial charge is 0.481 e. The van der Waals surface area contributed by atoms with Crippen LogP contribution in [-0.4, -0.2) is 35.4 Å². The molecule has 128 valence electrons. The van der Waals surface area contributed by atoms with Crippen molar-refractivity contribution in [3.63, 3.8) is 0 Å². The van der Waals surface area contributed by atoms with Crippen molar-refractivity contribution in [2.45, 2.75) is 12.3 Å². The second-order valence-corrected chi connectivity index (χ2v) is 5.13. The summed E-state index contributed by atoms with van der Waals surface area (Å²) in [5.74, 6) is 6.03. The summed E-state index contributed by atoms with van der Waals surface area (Å²) in [6.45, 7) is 0. The van der Waals surface area contributed by atoms with Crippen molar-refractivity contribution >= 4 is 5.97 Å². The Morgan fingerprint density at radius 1 is 1.20 bits per heavy atom. The molecule has 8 heteroatoms. The fraction of sp³-hybridized carbons (Fsp3) is 0.176. The molecule has 25 heavy (non-hydrogen) atoms. The van der Waals surface area contributed by atoms with Gasteiger partial charge in [-0.1, -0.05) is 17.9 Å². The van der Waals surface area contributed by atoms with Crippen LogP contribution in [0.3, 0.4) is 0 Å². The van der Waals surface area contributed by atoms with E-state index in [0.29, 0.717) is 11.6 Å². The van der Waals surface area contributed by atoms with Gasteiger partial charge in [-0.25, -0.2) is 15.8 Å². The van der Waals surface area contributed by atoms with Gasteiger partial charge in [0.15, 0.2) is 12.3 Å². The summed E-state index contributed by atoms with van der Waals surface area (Å²) in [7, 11) is 1.55. The molecule has 2 heterocycles. The first-order valence-electron chi connectivity index (χ1n) is 7.43. The molecule has 1 saturated heterocycles. The number of aromatic nitrogens is 1. The van der Waals surface area contributed by atoms with E-state index in [1.54, 1.807) is 43.6 Å². The number of hydrogen-bond acceptors (Lipinski definition) is 7. The van der Waals surface area contributed by atoms with Crippen LogP contribution in [0.2, 0.25) is 0 Å². The van der Waals surface area contributed by atoms with Crippen LogP contribution in [0.25, 0.3) is 0 Å². The maximum atomic E-state index is 11.1. The lowest BCUT2D eigenvalue weighted by molar-refractivity contribution is -0.141. The van der Waals surface area contributed by atoms with Crippen molar-refractivity contribution in [1.29, 1.82) is 0 Å². The molecule has 1 aliphatic rings. The summed E-state index contributed by atoms with van der Waals surface area (Å²) >= 11 is 0. The van der Waals surface area contributed by atoms with Gasteiger partial charge in [0, 0.05) is 23.4 Å². The van der Waals surface area contributed by atoms with Crippen molar-refractivity contribution in [2.24, 2.45) is 0 Å². The Kier molecular flexibility index (Phi) is 5.11. The van der Waals surface area contributed by atoms with Crippen molar-refractivity contribution in [1.82, 2.24) is 21.4 Å². The van der Waals surface area contributed by atoms with Crippen molar-refractivity contribution in [2.75, 3.05) is 7.11 Å². The van der Waals surface area contributed by atoms with Gasteiger partial charge in [-0.15, -0.1) is 0 Å². The van der Waals surface area contributed by atoms with Gasteiger partial charge in [0.25, 0.3) is 0 Å². The highest BCUT2D eigenvalue weighted by Gasteiger charge is 2.34. The Hall–Kier alpha value is -3.12. The molecular weight excluding hydrogens is 324 g/mol. The molecule has 2 unspecified atom stereocenters. The summed E-state index contributed by atoms with van der Waals surface area (Å²) in [5, 5.41) is 9.11. The van der Waals surface area contributed by atoms with Crippen molar-refractivity contribution in [3.05, 3.63) is 53.7 Å². The van der Waals surface area contributed by atoms with Crippen LogP contribution in [0.1, 0.15) is 11.1 Å². The number of methoxy groups -OCH3 is 1. The maximum absolute atomic E-state index is 11.1. The van der Waals surface area contributed by atoms with E-state index in [1.807, 2.05) is 6.07 Å². The van der Waals surface area contributed by atoms with Gasteiger partial charge in [-0.3, -0.25) is 4.79 Å². The zero-order valence-corrected chi connectivity index (χ0v) is 13.3. The van der Waals surface area contributed by atoms with E-state index >= 15 is 0 Å². The molecule has 0 aliphatic carbocycles. The minimum absolute atomic E-state index is 0.496. The highest BCUT2D eigenvalue weighted by molar-refractivity contribution is 5.74. The number of ether oxygens (including phenoxy) is 2. The molecule has 0 radical (unpaired) electrons. The predicted octanol–water partition coefficient (Wildman–Crippen LogP) is 0.260. The Bertz CT molecular complexity index is 831. The smallest absolute Gasteiger partial charge is 0.327 e. The van der Waals surface area contributed by atoms with Crippen LogP contribution in [0.5, 0.6) is 11.6 Å². The number of nitrogens with one attached hydrogen (secondary N) is 3. The molecule has 0 spiro atoms. The lowest BCUT2D eigenvalue weighted by Gasteiger charge is -2.16. The van der Waals surface area contributed by atoms with Crippen LogP contribution in [0.4, 0.5) is 0 Å². The maximum Gasteiger partial charge on any atom is 0.327 e. The topological polar surface area (TPSA) is 105 Å². The van der Waals surface area contributed by atoms with E-state index in [2.05, 4.69) is 33.2 Å². The third-order valence-corrected chi connectivity index (χ3v) is 3.40. The van der Waals surface area contributed by atoms with Gasteiger partial charge in [-0.05, 0) is 24.3 Å². The number of nitrogens with zero attached hydrogens (tertiary/aromatic N) is 1. The number of pyridine rings is 1. The zero-order valence-electron chi connectivity index (χ0n) is 13.3. The number of aliphatic carboxylic acids is 1. The van der Waals surface area contributed by atoms with Crippen LogP contribution < -0.4 is 25.9 Å². The van der Waals surface area contributed by atoms with E-state index in [0.717, 1.165) is 11.1 Å². The quantitative estimate of drug-likeness (QED) is 0.588. The molecule has 2 atom stereocenters. The van der Waals surface area contributed by atoms with Crippen molar-refractivity contribution < 1.29 is 19.4 Å². The molecule has 1 aliphatic heterocycles. The molecule has 2 aromatic rings. The van der Waals surface area contributed by atoms with Crippen LogP contribution in [0, 0.1) is 11.8 Å². The molecule has 3 rings (SSSR count). The number of carboxylic acids is 1. The van der Waals surface area contributed by atoms with Gasteiger partial charge in [0.05, 0.1) is 7.11 Å². The Morgan fingerprint density at radius 2 is 2.00 bits per heavy atom. The van der Waals surface area contributed by atoms with E-state index in [1.165, 1.54) is 0 Å². The van der Waals surface area contributed by atoms with Crippen LogP contribution in [-0.2, 0) is 4.79 Å². The predicted molar refractivity (Wildman–Crippen MR) is 88.5 cm³/mol. The van der Waals surface area contributed by atoms with E-state index < -0.39 is 18.2 Å². The normalized spacial score (nSPS) is 18.9. The second kappa shape index (κ2) is 7.63. The first-order chi connectivity index (χ1) is 12.2. The van der Waals surface area contributed by atoms with Crippen LogP contribution in [0.15, 0.2) is 42.6 Å². The SMILES string of the molecule is COc1cc(C#Cc2cccc(OC3NNNC3C(=O)O)c2)ccn1. The number of hydrogen-bond donors (Lipinski definition) is 4. The fourth-order valence-electron chi connectivity index (χ4n) is 2.18. The molecule has 8 nitrogen and oxygen atoms in total. The summed E-state index contributed by atoms with van der Waals surface area (Å²) in [5.41, 5.74) is 9.33. The first kappa shape index (κ1) is 16.7. The molecule has 0 bridgehead atoms. The molecule has 4 N–H and O–H groups in total. The number of benzene rings is 1. The van der Waals surface area contributed by atoms with Gasteiger partial charge >= 0.3 is 5.97 Å². The van der Waals surface area contributed by atoms with Gasteiger partial charge < -0.3 is 14.6 Å². The third-order valence-electron chi connectivity index (χ3n) is 3.40. The van der Waals surface area contributed by atoms with Gasteiger partial charge in [-0.2, -0.15) is 5.53 Å². The summed E-state index contributed by atoms with van der Waals surface area (Å²) in [4.78, 5) is 15.1. The van der Waals surface area contributed by atoms with Gasteiger partial charge in [0.1, 0.15) is 5.75 Å². The summed E-state index contributed by atoms with van der Waals surface area (Å²) in [6.07, 6.45) is 0.880. The van der Waals surface area contributed by atoms with Gasteiger partial charge in [0.2, 0.25) is 5.88 Å². The zero-order chi connectivity index (χ0) is 17.6. The van der Waals surface area contributed by atoms with E-state index in [9.17, 15) is 4.79 Å². The monoisotopic (exact) mass is 340 g/mol. The number of carboxylic acid groups (broad SMARTS) is 1. The third kappa shape index (κ3) is 4.24. The molecule has 1 aromatic heterocycles. The number of rotatable bonds is 4. The standard InChI is InChI=1S/C17H16N4O4/c1-24-14-10-12(7-8-18-14)6-5-11-3-2-4-13(9-11)25-16-15(17(22)23)19-21-20-16/h2-4,7-10,15-16,19-21H,1H3,(H,22,23). The molecule has 1 fully saturated rings. The molecule has 0 saturated carbocycles. The van der Waals surface area contributed by atoms with E-state index in [4.69, 9.17) is 14.6 Å². The minimum atomic E-state index is -1.02. The summed E-state index contributed by atoms with van der Waals surface area (Å²) in [6, 6.07) is 9.73. The minimum Gasteiger partial charge on any atom is -0.481 e. The van der Waals surface area contributed by atoms with E-state index in [-0.39, 0.29) is 0 Å². The van der Waals surface area contributed by atoms with Crippen LogP contribution >= 0.6 is 0 Å². The average Bonchev–Trinajstić information content (AvgIpc) is 3.09. The lowest BCUT2D eigenvalue weighted by Crippen LogP contribution is -2.44. The summed E-state index contributed by atoms with van der Waals surface area (Å²) < 4.78 is 10.7. The second-order valence-electron chi connectivity index (χ2n) is 5.13. The lowest BCUT2D eigenvalue weighted by atomic mass is 10.2. The Morgan fingerprint density at radius 3 is 2.76 bits per heavy atom. The Labute approximate surface area is 144 Å². The number of carbonyl (C=O) groups is 1.